The number of aryl methyl sites for hydroxylation is 2. The van der Waals surface area contributed by atoms with Gasteiger partial charge in [-0.15, -0.1) is 10.2 Å². The molecule has 1 atom stereocenters. The third-order valence-corrected chi connectivity index (χ3v) is 5.62. The number of carbonyl (C=O) groups is 2. The molecular weight excluding hydrogens is 460 g/mol. The maximum absolute atomic E-state index is 13.1. The van der Waals surface area contributed by atoms with Gasteiger partial charge in [-0.05, 0) is 38.5 Å². The van der Waals surface area contributed by atoms with Crippen LogP contribution >= 0.6 is 0 Å². The molecule has 1 aliphatic rings. The van der Waals surface area contributed by atoms with Crippen LogP contribution in [0.5, 0.6) is 5.88 Å². The molecule has 0 saturated carbocycles. The third kappa shape index (κ3) is 5.26. The molecule has 12 heteroatoms. The van der Waals surface area contributed by atoms with Crippen molar-refractivity contribution in [2.75, 3.05) is 6.61 Å². The van der Waals surface area contributed by atoms with Crippen LogP contribution in [0.4, 0.5) is 8.78 Å². The summed E-state index contributed by atoms with van der Waals surface area (Å²) >= 11 is 0. The quantitative estimate of drug-likeness (QED) is 0.502. The largest absolute Gasteiger partial charge is 0.471 e. The maximum atomic E-state index is 13.1. The number of pyridine rings is 2. The standard InChI is InChI=1S/C23H25F2N7O3/c1-12-7-15(8-28-21(12)35-11-23(4,24)25)13(2)32-10-17-16(22(32)34)5-6-26-19(17)20(33)27-9-18-29-14(3)30-31-18/h5-8,13H,9-11H2,1-4H3,(H,27,33)(H,29,30,31). The van der Waals surface area contributed by atoms with Gasteiger partial charge in [0.15, 0.2) is 6.61 Å². The van der Waals surface area contributed by atoms with E-state index in [2.05, 4.69) is 30.5 Å². The Hall–Kier alpha value is -3.96. The van der Waals surface area contributed by atoms with Gasteiger partial charge >= 0.3 is 0 Å². The van der Waals surface area contributed by atoms with Crippen molar-refractivity contribution in [3.05, 3.63) is 64.1 Å². The predicted octanol–water partition coefficient (Wildman–Crippen LogP) is 2.89. The Morgan fingerprint density at radius 3 is 2.74 bits per heavy atom. The van der Waals surface area contributed by atoms with Crippen LogP contribution in [0.2, 0.25) is 0 Å². The van der Waals surface area contributed by atoms with E-state index in [-0.39, 0.29) is 30.6 Å². The van der Waals surface area contributed by atoms with E-state index >= 15 is 0 Å². The zero-order valence-electron chi connectivity index (χ0n) is 19.7. The molecule has 2 N–H and O–H groups in total. The number of rotatable bonds is 8. The predicted molar refractivity (Wildman–Crippen MR) is 120 cm³/mol. The first-order chi connectivity index (χ1) is 16.5. The highest BCUT2D eigenvalue weighted by Crippen LogP contribution is 2.33. The van der Waals surface area contributed by atoms with Gasteiger partial charge in [-0.3, -0.25) is 14.6 Å². The number of amides is 2. The Labute approximate surface area is 200 Å². The number of fused-ring (bicyclic) bond motifs is 1. The lowest BCUT2D eigenvalue weighted by Gasteiger charge is -2.25. The molecular formula is C23H25F2N7O3. The topological polar surface area (TPSA) is 126 Å². The summed E-state index contributed by atoms with van der Waals surface area (Å²) in [6.45, 7) is 5.62. The minimum atomic E-state index is -2.97. The molecule has 35 heavy (non-hydrogen) atoms. The second kappa shape index (κ2) is 9.35. The Balaban J connectivity index is 1.49. The smallest absolute Gasteiger partial charge is 0.278 e. The van der Waals surface area contributed by atoms with Crippen LogP contribution in [0.15, 0.2) is 24.5 Å². The normalized spacial score (nSPS) is 14.1. The van der Waals surface area contributed by atoms with E-state index in [4.69, 9.17) is 4.74 Å². The van der Waals surface area contributed by atoms with Gasteiger partial charge in [-0.2, -0.15) is 0 Å². The van der Waals surface area contributed by atoms with Crippen LogP contribution in [-0.4, -0.2) is 54.4 Å². The summed E-state index contributed by atoms with van der Waals surface area (Å²) in [5.74, 6) is -2.38. The number of hydrogen-bond donors (Lipinski definition) is 2. The number of alkyl halides is 2. The molecule has 0 aromatic carbocycles. The summed E-state index contributed by atoms with van der Waals surface area (Å²) in [7, 11) is 0. The van der Waals surface area contributed by atoms with Crippen molar-refractivity contribution in [2.24, 2.45) is 0 Å². The van der Waals surface area contributed by atoms with Gasteiger partial charge in [0.25, 0.3) is 17.7 Å². The van der Waals surface area contributed by atoms with Crippen LogP contribution in [0.3, 0.4) is 0 Å². The molecule has 0 radical (unpaired) electrons. The zero-order valence-corrected chi connectivity index (χ0v) is 19.7. The molecule has 3 aromatic rings. The van der Waals surface area contributed by atoms with Crippen LogP contribution < -0.4 is 10.1 Å². The van der Waals surface area contributed by atoms with Crippen molar-refractivity contribution in [3.8, 4) is 5.88 Å². The molecule has 0 saturated heterocycles. The van der Waals surface area contributed by atoms with E-state index in [0.717, 1.165) is 6.92 Å². The minimum Gasteiger partial charge on any atom is -0.471 e. The van der Waals surface area contributed by atoms with Gasteiger partial charge in [0.2, 0.25) is 5.88 Å². The number of nitrogens with one attached hydrogen (secondary N) is 2. The molecule has 0 fully saturated rings. The van der Waals surface area contributed by atoms with Crippen molar-refractivity contribution in [1.29, 1.82) is 0 Å². The number of halogens is 2. The fourth-order valence-corrected chi connectivity index (χ4v) is 3.82. The first-order valence-electron chi connectivity index (χ1n) is 11.0. The van der Waals surface area contributed by atoms with Gasteiger partial charge in [0, 0.05) is 42.6 Å². The molecule has 0 bridgehead atoms. The summed E-state index contributed by atoms with van der Waals surface area (Å²) in [5.41, 5.74) is 2.39. The molecule has 0 aliphatic carbocycles. The Bertz CT molecular complexity index is 1270. The molecule has 0 spiro atoms. The second-order valence-corrected chi connectivity index (χ2v) is 8.58. The summed E-state index contributed by atoms with van der Waals surface area (Å²) in [5, 5.41) is 10.5. The van der Waals surface area contributed by atoms with Crippen LogP contribution in [0, 0.1) is 13.8 Å². The second-order valence-electron chi connectivity index (χ2n) is 8.58. The maximum Gasteiger partial charge on any atom is 0.278 e. The number of nitrogens with zero attached hydrogens (tertiary/aromatic N) is 5. The number of carbonyl (C=O) groups excluding carboxylic acids is 2. The first-order valence-corrected chi connectivity index (χ1v) is 11.0. The number of ether oxygens (including phenoxy) is 1. The summed E-state index contributed by atoms with van der Waals surface area (Å²) in [6, 6.07) is 2.95. The summed E-state index contributed by atoms with van der Waals surface area (Å²) < 4.78 is 31.4. The lowest BCUT2D eigenvalue weighted by atomic mass is 10.1. The highest BCUT2D eigenvalue weighted by Gasteiger charge is 2.35. The number of H-pyrrole nitrogens is 1. The SMILES string of the molecule is Cc1nnc(CNC(=O)c2nccc3c2CN(C(C)c2cnc(OCC(C)(F)F)c(C)c2)C3=O)[nH]1. The Morgan fingerprint density at radius 2 is 2.09 bits per heavy atom. The fraction of sp³-hybridized carbons (Fsp3) is 0.391. The van der Waals surface area contributed by atoms with Gasteiger partial charge in [0.1, 0.15) is 17.3 Å². The lowest BCUT2D eigenvalue weighted by Crippen LogP contribution is -2.28. The number of aromatic amines is 1. The molecule has 184 valence electrons. The molecule has 1 aliphatic heterocycles. The lowest BCUT2D eigenvalue weighted by molar-refractivity contribution is -0.0244. The van der Waals surface area contributed by atoms with Crippen LogP contribution in [0.1, 0.15) is 69.1 Å². The van der Waals surface area contributed by atoms with E-state index in [1.54, 1.807) is 30.9 Å². The Kier molecular flexibility index (Phi) is 6.46. The minimum absolute atomic E-state index is 0.114. The molecule has 10 nitrogen and oxygen atoms in total. The van der Waals surface area contributed by atoms with Crippen molar-refractivity contribution >= 4 is 11.8 Å². The van der Waals surface area contributed by atoms with Gasteiger partial charge in [0.05, 0.1) is 12.6 Å². The number of aromatic nitrogens is 5. The van der Waals surface area contributed by atoms with Crippen molar-refractivity contribution in [1.82, 2.24) is 35.4 Å². The van der Waals surface area contributed by atoms with Crippen molar-refractivity contribution < 1.29 is 23.1 Å². The summed E-state index contributed by atoms with van der Waals surface area (Å²) in [4.78, 5) is 38.9. The van der Waals surface area contributed by atoms with Crippen LogP contribution in [0.25, 0.3) is 0 Å². The van der Waals surface area contributed by atoms with Crippen LogP contribution in [-0.2, 0) is 13.1 Å². The average Bonchev–Trinajstić information content (AvgIpc) is 3.38. The zero-order chi connectivity index (χ0) is 25.3. The highest BCUT2D eigenvalue weighted by atomic mass is 19.3. The molecule has 4 heterocycles. The molecule has 4 rings (SSSR count). The van der Waals surface area contributed by atoms with Crippen molar-refractivity contribution in [2.45, 2.75) is 52.7 Å². The molecule has 3 aromatic heterocycles. The highest BCUT2D eigenvalue weighted by molar-refractivity contribution is 6.03. The Morgan fingerprint density at radius 1 is 1.31 bits per heavy atom. The fourth-order valence-electron chi connectivity index (χ4n) is 3.82. The van der Waals surface area contributed by atoms with Crippen molar-refractivity contribution in [3.63, 3.8) is 0 Å². The van der Waals surface area contributed by atoms with E-state index in [9.17, 15) is 18.4 Å². The van der Waals surface area contributed by atoms with E-state index in [0.29, 0.717) is 33.9 Å². The van der Waals surface area contributed by atoms with Gasteiger partial charge in [-0.25, -0.2) is 13.8 Å². The first kappa shape index (κ1) is 24.2. The third-order valence-electron chi connectivity index (χ3n) is 5.62. The number of hydrogen-bond acceptors (Lipinski definition) is 7. The average molecular weight is 485 g/mol. The van der Waals surface area contributed by atoms with E-state index < -0.39 is 24.5 Å². The summed E-state index contributed by atoms with van der Waals surface area (Å²) in [6.07, 6.45) is 2.93. The molecule has 1 unspecified atom stereocenters. The molecule has 2 amide bonds. The van der Waals surface area contributed by atoms with Gasteiger partial charge in [-0.1, -0.05) is 0 Å². The van der Waals surface area contributed by atoms with E-state index in [1.807, 2.05) is 6.92 Å². The van der Waals surface area contributed by atoms with E-state index in [1.165, 1.54) is 12.4 Å². The van der Waals surface area contributed by atoms with Gasteiger partial charge < -0.3 is 19.9 Å². The monoisotopic (exact) mass is 485 g/mol.